The minimum Gasteiger partial charge on any atom is -0.352 e. The van der Waals surface area contributed by atoms with Gasteiger partial charge in [0.05, 0.1) is 0 Å². The van der Waals surface area contributed by atoms with E-state index in [2.05, 4.69) is 11.4 Å². The van der Waals surface area contributed by atoms with Crippen molar-refractivity contribution < 1.29 is 9.59 Å². The minimum absolute atomic E-state index is 0.0189. The number of carbonyl (C=O) groups excluding carboxylic acids is 2. The van der Waals surface area contributed by atoms with E-state index in [1.54, 1.807) is 28.8 Å². The van der Waals surface area contributed by atoms with Crippen LogP contribution in [-0.2, 0) is 13.0 Å². The smallest absolute Gasteiger partial charge is 0.259 e. The largest absolute Gasteiger partial charge is 0.352 e. The molecular weight excluding hydrogens is 354 g/mol. The highest BCUT2D eigenvalue weighted by Gasteiger charge is 2.26. The molecule has 0 saturated carbocycles. The molecule has 1 aliphatic heterocycles. The van der Waals surface area contributed by atoms with Crippen LogP contribution in [0.25, 0.3) is 0 Å². The van der Waals surface area contributed by atoms with E-state index in [1.165, 1.54) is 5.56 Å². The SMILES string of the molecule is CCNC(=O)c1cn(C(C)CC)cc(C(=O)N2CCc3ccccc3C2)c1=O. The fourth-order valence-electron chi connectivity index (χ4n) is 3.47. The predicted octanol–water partition coefficient (Wildman–Crippen LogP) is 2.77. The molecule has 0 bridgehead atoms. The fourth-order valence-corrected chi connectivity index (χ4v) is 3.47. The van der Waals surface area contributed by atoms with Crippen LogP contribution in [0.2, 0.25) is 0 Å². The van der Waals surface area contributed by atoms with Gasteiger partial charge in [-0.05, 0) is 37.8 Å². The van der Waals surface area contributed by atoms with Crippen molar-refractivity contribution in [2.45, 2.75) is 46.2 Å². The highest BCUT2D eigenvalue weighted by atomic mass is 16.2. The Morgan fingerprint density at radius 3 is 2.46 bits per heavy atom. The van der Waals surface area contributed by atoms with Crippen LogP contribution in [0, 0.1) is 0 Å². The van der Waals surface area contributed by atoms with E-state index >= 15 is 0 Å². The second kappa shape index (κ2) is 8.42. The number of fused-ring (bicyclic) bond motifs is 1. The van der Waals surface area contributed by atoms with E-state index in [-0.39, 0.29) is 23.1 Å². The Balaban J connectivity index is 2.00. The maximum atomic E-state index is 13.2. The van der Waals surface area contributed by atoms with Gasteiger partial charge in [-0.25, -0.2) is 0 Å². The van der Waals surface area contributed by atoms with Gasteiger partial charge in [0, 0.05) is 38.1 Å². The number of hydrogen-bond acceptors (Lipinski definition) is 3. The third kappa shape index (κ3) is 3.86. The second-order valence-electron chi connectivity index (χ2n) is 7.22. The summed E-state index contributed by atoms with van der Waals surface area (Å²) < 4.78 is 1.80. The van der Waals surface area contributed by atoms with E-state index in [1.807, 2.05) is 32.0 Å². The van der Waals surface area contributed by atoms with Gasteiger partial charge < -0.3 is 14.8 Å². The van der Waals surface area contributed by atoms with Crippen LogP contribution in [0.15, 0.2) is 41.5 Å². The average molecular weight is 381 g/mol. The minimum atomic E-state index is -0.505. The van der Waals surface area contributed by atoms with E-state index < -0.39 is 11.3 Å². The first-order valence-corrected chi connectivity index (χ1v) is 9.86. The zero-order chi connectivity index (χ0) is 20.3. The highest BCUT2D eigenvalue weighted by molar-refractivity contribution is 5.99. The Bertz CT molecular complexity index is 948. The lowest BCUT2D eigenvalue weighted by atomic mass is 9.99. The Kier molecular flexibility index (Phi) is 5.97. The van der Waals surface area contributed by atoms with Crippen LogP contribution in [0.5, 0.6) is 0 Å². The molecule has 6 nitrogen and oxygen atoms in total. The maximum Gasteiger partial charge on any atom is 0.259 e. The molecule has 1 aromatic heterocycles. The van der Waals surface area contributed by atoms with Gasteiger partial charge in [-0.2, -0.15) is 0 Å². The summed E-state index contributed by atoms with van der Waals surface area (Å²) in [6.45, 7) is 7.27. The summed E-state index contributed by atoms with van der Waals surface area (Å²) in [5, 5.41) is 2.67. The molecule has 148 valence electrons. The topological polar surface area (TPSA) is 71.4 Å². The number of nitrogens with zero attached hydrogens (tertiary/aromatic N) is 2. The number of hydrogen-bond donors (Lipinski definition) is 1. The fraction of sp³-hybridized carbons (Fsp3) is 0.409. The van der Waals surface area contributed by atoms with Crippen LogP contribution < -0.4 is 10.7 Å². The Morgan fingerprint density at radius 1 is 1.11 bits per heavy atom. The number of carbonyl (C=O) groups is 2. The Labute approximate surface area is 165 Å². The van der Waals surface area contributed by atoms with Gasteiger partial charge in [0.2, 0.25) is 5.43 Å². The standard InChI is InChI=1S/C22H27N3O3/c1-4-15(3)25-13-18(21(27)23-5-2)20(26)19(14-25)22(28)24-11-10-16-8-6-7-9-17(16)12-24/h6-9,13-15H,4-5,10-12H2,1-3H3,(H,23,27). The molecule has 1 N–H and O–H groups in total. The van der Waals surface area contributed by atoms with Gasteiger partial charge in [0.1, 0.15) is 11.1 Å². The first-order valence-electron chi connectivity index (χ1n) is 9.86. The zero-order valence-electron chi connectivity index (χ0n) is 16.7. The van der Waals surface area contributed by atoms with E-state index in [9.17, 15) is 14.4 Å². The lowest BCUT2D eigenvalue weighted by molar-refractivity contribution is 0.0732. The second-order valence-corrected chi connectivity index (χ2v) is 7.22. The summed E-state index contributed by atoms with van der Waals surface area (Å²) in [4.78, 5) is 40.3. The normalized spacial score (nSPS) is 14.3. The predicted molar refractivity (Wildman–Crippen MR) is 109 cm³/mol. The molecule has 0 spiro atoms. The molecule has 28 heavy (non-hydrogen) atoms. The zero-order valence-corrected chi connectivity index (χ0v) is 16.7. The summed E-state index contributed by atoms with van der Waals surface area (Å²) in [5.74, 6) is -0.758. The molecule has 2 aromatic rings. The molecular formula is C22H27N3O3. The average Bonchev–Trinajstić information content (AvgIpc) is 2.72. The van der Waals surface area contributed by atoms with Gasteiger partial charge in [-0.3, -0.25) is 14.4 Å². The van der Waals surface area contributed by atoms with Crippen LogP contribution >= 0.6 is 0 Å². The van der Waals surface area contributed by atoms with Crippen molar-refractivity contribution in [2.75, 3.05) is 13.1 Å². The van der Waals surface area contributed by atoms with Crippen molar-refractivity contribution >= 4 is 11.8 Å². The molecule has 0 radical (unpaired) electrons. The molecule has 0 saturated heterocycles. The molecule has 1 unspecified atom stereocenters. The third-order valence-electron chi connectivity index (χ3n) is 5.38. The van der Waals surface area contributed by atoms with Crippen LogP contribution in [0.4, 0.5) is 0 Å². The van der Waals surface area contributed by atoms with Crippen molar-refractivity contribution in [3.05, 3.63) is 69.1 Å². The van der Waals surface area contributed by atoms with Crippen LogP contribution in [0.1, 0.15) is 65.1 Å². The molecule has 2 heterocycles. The third-order valence-corrected chi connectivity index (χ3v) is 5.38. The summed E-state index contributed by atoms with van der Waals surface area (Å²) in [7, 11) is 0. The van der Waals surface area contributed by atoms with Crippen molar-refractivity contribution in [1.82, 2.24) is 14.8 Å². The molecule has 6 heteroatoms. The van der Waals surface area contributed by atoms with Crippen LogP contribution in [-0.4, -0.2) is 34.4 Å². The van der Waals surface area contributed by atoms with Crippen molar-refractivity contribution in [1.29, 1.82) is 0 Å². The lowest BCUT2D eigenvalue weighted by Gasteiger charge is -2.29. The number of rotatable bonds is 5. The molecule has 2 amide bonds. The summed E-state index contributed by atoms with van der Waals surface area (Å²) in [6.07, 6.45) is 4.74. The van der Waals surface area contributed by atoms with Crippen molar-refractivity contribution in [3.8, 4) is 0 Å². The highest BCUT2D eigenvalue weighted by Crippen LogP contribution is 2.20. The van der Waals surface area contributed by atoms with Gasteiger partial charge in [0.15, 0.2) is 0 Å². The number of benzene rings is 1. The van der Waals surface area contributed by atoms with E-state index in [0.29, 0.717) is 19.6 Å². The van der Waals surface area contributed by atoms with Crippen molar-refractivity contribution in [2.24, 2.45) is 0 Å². The Hall–Kier alpha value is -2.89. The van der Waals surface area contributed by atoms with Gasteiger partial charge in [0.25, 0.3) is 11.8 Å². The molecule has 0 fully saturated rings. The van der Waals surface area contributed by atoms with Gasteiger partial charge in [-0.1, -0.05) is 31.2 Å². The van der Waals surface area contributed by atoms with E-state index in [0.717, 1.165) is 18.4 Å². The maximum absolute atomic E-state index is 13.2. The molecule has 0 aliphatic carbocycles. The Morgan fingerprint density at radius 2 is 1.79 bits per heavy atom. The van der Waals surface area contributed by atoms with Crippen molar-refractivity contribution in [3.63, 3.8) is 0 Å². The number of pyridine rings is 1. The summed E-state index contributed by atoms with van der Waals surface area (Å²) >= 11 is 0. The monoisotopic (exact) mass is 381 g/mol. The number of aromatic nitrogens is 1. The molecule has 3 rings (SSSR count). The molecule has 1 aliphatic rings. The summed E-state index contributed by atoms with van der Waals surface area (Å²) in [6, 6.07) is 8.11. The number of nitrogens with one attached hydrogen (secondary N) is 1. The lowest BCUT2D eigenvalue weighted by Crippen LogP contribution is -2.40. The van der Waals surface area contributed by atoms with Crippen LogP contribution in [0.3, 0.4) is 0 Å². The summed E-state index contributed by atoms with van der Waals surface area (Å²) in [5.41, 5.74) is 1.91. The van der Waals surface area contributed by atoms with Gasteiger partial charge >= 0.3 is 0 Å². The van der Waals surface area contributed by atoms with Gasteiger partial charge in [-0.15, -0.1) is 0 Å². The molecule has 1 aromatic carbocycles. The molecule has 1 atom stereocenters. The first-order chi connectivity index (χ1) is 13.5. The number of amides is 2. The van der Waals surface area contributed by atoms with E-state index in [4.69, 9.17) is 0 Å². The quantitative estimate of drug-likeness (QED) is 0.866. The first kappa shape index (κ1) is 19.9.